The molecule has 19 heavy (non-hydrogen) atoms. The highest BCUT2D eigenvalue weighted by Gasteiger charge is 2.25. The van der Waals surface area contributed by atoms with Gasteiger partial charge in [0.2, 0.25) is 0 Å². The smallest absolute Gasteiger partial charge is 0.162 e. The van der Waals surface area contributed by atoms with Crippen molar-refractivity contribution in [3.8, 4) is 0 Å². The van der Waals surface area contributed by atoms with Crippen LogP contribution in [0.2, 0.25) is 0 Å². The Kier molecular flexibility index (Phi) is 5.23. The molecule has 1 saturated heterocycles. The third-order valence-electron chi connectivity index (χ3n) is 3.66. The van der Waals surface area contributed by atoms with Crippen LogP contribution >= 0.6 is 11.8 Å². The predicted molar refractivity (Wildman–Crippen MR) is 79.7 cm³/mol. The highest BCUT2D eigenvalue weighted by Crippen LogP contribution is 2.30. The van der Waals surface area contributed by atoms with Crippen molar-refractivity contribution < 1.29 is 9.53 Å². The quantitative estimate of drug-likeness (QED) is 0.586. The maximum Gasteiger partial charge on any atom is 0.162 e. The Balaban J connectivity index is 2.15. The first-order valence-corrected chi connectivity index (χ1v) is 7.85. The van der Waals surface area contributed by atoms with Crippen LogP contribution in [-0.4, -0.2) is 25.3 Å². The van der Waals surface area contributed by atoms with Crippen molar-refractivity contribution in [3.05, 3.63) is 42.5 Å². The standard InChI is InChI=1S/C16H20O2S/c1-3-16(17)15(10-12-8-9-18-11-12)13-4-6-14(19-2)7-5-13/h3-7,12,15H,1,8-11H2,2H3. The number of allylic oxidation sites excluding steroid dienone is 1. The summed E-state index contributed by atoms with van der Waals surface area (Å²) < 4.78 is 5.40. The Labute approximate surface area is 119 Å². The van der Waals surface area contributed by atoms with Gasteiger partial charge in [-0.25, -0.2) is 0 Å². The molecule has 1 aliphatic rings. The van der Waals surface area contributed by atoms with Crippen LogP contribution in [0.4, 0.5) is 0 Å². The predicted octanol–water partition coefficient (Wildman–Crippen LogP) is 3.67. The third kappa shape index (κ3) is 3.71. The summed E-state index contributed by atoms with van der Waals surface area (Å²) >= 11 is 1.71. The minimum atomic E-state index is -0.0693. The Morgan fingerprint density at radius 3 is 2.79 bits per heavy atom. The molecule has 0 aliphatic carbocycles. The number of hydrogen-bond acceptors (Lipinski definition) is 3. The van der Waals surface area contributed by atoms with Crippen LogP contribution in [0.3, 0.4) is 0 Å². The van der Waals surface area contributed by atoms with E-state index in [0.717, 1.165) is 31.6 Å². The Bertz CT molecular complexity index is 433. The lowest BCUT2D eigenvalue weighted by atomic mass is 9.85. The molecule has 1 aliphatic heterocycles. The number of ketones is 1. The van der Waals surface area contributed by atoms with E-state index in [0.29, 0.717) is 5.92 Å². The van der Waals surface area contributed by atoms with Crippen molar-refractivity contribution in [2.24, 2.45) is 5.92 Å². The first-order valence-electron chi connectivity index (χ1n) is 6.62. The molecule has 1 fully saturated rings. The molecule has 3 heteroatoms. The summed E-state index contributed by atoms with van der Waals surface area (Å²) in [6.45, 7) is 5.24. The van der Waals surface area contributed by atoms with E-state index in [1.807, 2.05) is 0 Å². The Hall–Kier alpha value is -1.06. The normalized spacial score (nSPS) is 20.2. The molecule has 0 radical (unpaired) electrons. The lowest BCUT2D eigenvalue weighted by Crippen LogP contribution is -2.15. The van der Waals surface area contributed by atoms with Gasteiger partial charge in [0.05, 0.1) is 0 Å². The van der Waals surface area contributed by atoms with Crippen molar-refractivity contribution in [1.82, 2.24) is 0 Å². The van der Waals surface area contributed by atoms with E-state index in [9.17, 15) is 4.79 Å². The monoisotopic (exact) mass is 276 g/mol. The van der Waals surface area contributed by atoms with Gasteiger partial charge in [-0.1, -0.05) is 18.7 Å². The highest BCUT2D eigenvalue weighted by atomic mass is 32.2. The van der Waals surface area contributed by atoms with Crippen LogP contribution in [0.5, 0.6) is 0 Å². The summed E-state index contributed by atoms with van der Waals surface area (Å²) in [7, 11) is 0. The second kappa shape index (κ2) is 6.92. The molecule has 2 rings (SSSR count). The van der Waals surface area contributed by atoms with Gasteiger partial charge in [-0.15, -0.1) is 11.8 Å². The molecule has 0 bridgehead atoms. The van der Waals surface area contributed by atoms with Crippen LogP contribution in [0.15, 0.2) is 41.8 Å². The lowest BCUT2D eigenvalue weighted by molar-refractivity contribution is -0.116. The average molecular weight is 276 g/mol. The zero-order valence-electron chi connectivity index (χ0n) is 11.3. The zero-order chi connectivity index (χ0) is 13.7. The maximum atomic E-state index is 12.1. The van der Waals surface area contributed by atoms with Gasteiger partial charge < -0.3 is 4.74 Å². The molecular formula is C16H20O2S. The number of carbonyl (C=O) groups is 1. The number of benzene rings is 1. The van der Waals surface area contributed by atoms with Gasteiger partial charge in [0.15, 0.2) is 5.78 Å². The van der Waals surface area contributed by atoms with E-state index in [1.165, 1.54) is 11.0 Å². The van der Waals surface area contributed by atoms with Crippen molar-refractivity contribution in [3.63, 3.8) is 0 Å². The summed E-state index contributed by atoms with van der Waals surface area (Å²) in [5.74, 6) is 0.540. The van der Waals surface area contributed by atoms with Crippen molar-refractivity contribution in [1.29, 1.82) is 0 Å². The second-order valence-corrected chi connectivity index (χ2v) is 5.78. The number of carbonyl (C=O) groups excluding carboxylic acids is 1. The van der Waals surface area contributed by atoms with E-state index in [4.69, 9.17) is 4.74 Å². The minimum Gasteiger partial charge on any atom is -0.381 e. The van der Waals surface area contributed by atoms with Crippen molar-refractivity contribution in [2.75, 3.05) is 19.5 Å². The van der Waals surface area contributed by atoms with E-state index in [2.05, 4.69) is 37.1 Å². The first kappa shape index (κ1) is 14.4. The van der Waals surface area contributed by atoms with E-state index in [1.54, 1.807) is 11.8 Å². The van der Waals surface area contributed by atoms with E-state index >= 15 is 0 Å². The summed E-state index contributed by atoms with van der Waals surface area (Å²) in [6.07, 6.45) is 5.42. The van der Waals surface area contributed by atoms with Gasteiger partial charge in [0.1, 0.15) is 0 Å². The molecule has 2 atom stereocenters. The molecule has 0 spiro atoms. The molecule has 2 nitrogen and oxygen atoms in total. The fourth-order valence-corrected chi connectivity index (χ4v) is 2.91. The van der Waals surface area contributed by atoms with Crippen molar-refractivity contribution in [2.45, 2.75) is 23.7 Å². The molecule has 1 heterocycles. The molecule has 0 saturated carbocycles. The molecule has 102 valence electrons. The molecule has 0 amide bonds. The van der Waals surface area contributed by atoms with Crippen LogP contribution in [-0.2, 0) is 9.53 Å². The topological polar surface area (TPSA) is 26.3 Å². The number of hydrogen-bond donors (Lipinski definition) is 0. The Morgan fingerprint density at radius 1 is 1.53 bits per heavy atom. The molecule has 0 aromatic heterocycles. The zero-order valence-corrected chi connectivity index (χ0v) is 12.1. The highest BCUT2D eigenvalue weighted by molar-refractivity contribution is 7.98. The first-order chi connectivity index (χ1) is 9.24. The molecule has 2 unspecified atom stereocenters. The van der Waals surface area contributed by atoms with Gasteiger partial charge in [-0.05, 0) is 48.8 Å². The van der Waals surface area contributed by atoms with E-state index < -0.39 is 0 Å². The average Bonchev–Trinajstić information content (AvgIpc) is 2.97. The number of rotatable bonds is 6. The summed E-state index contributed by atoms with van der Waals surface area (Å²) in [5, 5.41) is 0. The molecule has 0 N–H and O–H groups in total. The third-order valence-corrected chi connectivity index (χ3v) is 4.40. The largest absolute Gasteiger partial charge is 0.381 e. The molecule has 1 aromatic carbocycles. The fourth-order valence-electron chi connectivity index (χ4n) is 2.50. The van der Waals surface area contributed by atoms with Crippen molar-refractivity contribution >= 4 is 17.5 Å². The summed E-state index contributed by atoms with van der Waals surface area (Å²) in [5.41, 5.74) is 1.09. The minimum absolute atomic E-state index is 0.0693. The van der Waals surface area contributed by atoms with Gasteiger partial charge in [0.25, 0.3) is 0 Å². The van der Waals surface area contributed by atoms with Gasteiger partial charge in [0, 0.05) is 24.0 Å². The number of ether oxygens (including phenoxy) is 1. The molecule has 1 aromatic rings. The van der Waals surface area contributed by atoms with Gasteiger partial charge >= 0.3 is 0 Å². The second-order valence-electron chi connectivity index (χ2n) is 4.90. The van der Waals surface area contributed by atoms with Gasteiger partial charge in [-0.2, -0.15) is 0 Å². The molecular weight excluding hydrogens is 256 g/mol. The summed E-state index contributed by atoms with van der Waals surface area (Å²) in [4.78, 5) is 13.3. The van der Waals surface area contributed by atoms with E-state index in [-0.39, 0.29) is 11.7 Å². The van der Waals surface area contributed by atoms with Crippen LogP contribution < -0.4 is 0 Å². The summed E-state index contributed by atoms with van der Waals surface area (Å²) in [6, 6.07) is 8.28. The van der Waals surface area contributed by atoms with Gasteiger partial charge in [-0.3, -0.25) is 4.79 Å². The van der Waals surface area contributed by atoms with Crippen LogP contribution in [0.25, 0.3) is 0 Å². The SMILES string of the molecule is C=CC(=O)C(CC1CCOC1)c1ccc(SC)cc1. The fraction of sp³-hybridized carbons (Fsp3) is 0.438. The number of thioether (sulfide) groups is 1. The Morgan fingerprint density at radius 2 is 2.26 bits per heavy atom. The van der Waals surface area contributed by atoms with Crippen LogP contribution in [0, 0.1) is 5.92 Å². The maximum absolute atomic E-state index is 12.1. The van der Waals surface area contributed by atoms with Crippen LogP contribution in [0.1, 0.15) is 24.3 Å². The lowest BCUT2D eigenvalue weighted by Gasteiger charge is -2.18.